The zero-order valence-electron chi connectivity index (χ0n) is 13.4. The maximum atomic E-state index is 3.65. The number of nitrogens with one attached hydrogen (secondary N) is 1. The fourth-order valence-corrected chi connectivity index (χ4v) is 2.91. The van der Waals surface area contributed by atoms with Crippen LogP contribution in [0.25, 0.3) is 0 Å². The molecule has 0 amide bonds. The second-order valence-corrected chi connectivity index (χ2v) is 7.55. The van der Waals surface area contributed by atoms with E-state index in [9.17, 15) is 0 Å². The van der Waals surface area contributed by atoms with Crippen molar-refractivity contribution in [1.29, 1.82) is 0 Å². The van der Waals surface area contributed by atoms with Crippen LogP contribution in [0.3, 0.4) is 0 Å². The molecule has 108 valence electrons. The van der Waals surface area contributed by atoms with Gasteiger partial charge in [-0.2, -0.15) is 0 Å². The Hall–Kier alpha value is -0.0800. The molecular weight excluding hydrogens is 220 g/mol. The maximum Gasteiger partial charge on any atom is 0.0186 e. The van der Waals surface area contributed by atoms with Crippen molar-refractivity contribution in [2.24, 2.45) is 17.3 Å². The first-order valence-corrected chi connectivity index (χ1v) is 7.68. The summed E-state index contributed by atoms with van der Waals surface area (Å²) in [6.07, 6.45) is 5.70. The molecule has 1 rings (SSSR count). The molecule has 1 unspecified atom stereocenters. The van der Waals surface area contributed by atoms with Crippen LogP contribution in [-0.2, 0) is 0 Å². The van der Waals surface area contributed by atoms with Crippen molar-refractivity contribution < 1.29 is 0 Å². The van der Waals surface area contributed by atoms with E-state index in [2.05, 4.69) is 52.0 Å². The van der Waals surface area contributed by atoms with Crippen LogP contribution in [0.4, 0.5) is 0 Å². The highest BCUT2D eigenvalue weighted by molar-refractivity contribution is 4.81. The molecule has 0 radical (unpaired) electrons. The lowest BCUT2D eigenvalue weighted by molar-refractivity contribution is 0.148. The van der Waals surface area contributed by atoms with Gasteiger partial charge in [0.15, 0.2) is 0 Å². The minimum Gasteiger partial charge on any atom is -0.315 e. The molecule has 0 spiro atoms. The van der Waals surface area contributed by atoms with E-state index < -0.39 is 0 Å². The summed E-state index contributed by atoms with van der Waals surface area (Å²) in [5.74, 6) is 1.85. The van der Waals surface area contributed by atoms with E-state index in [1.54, 1.807) is 0 Å². The van der Waals surface area contributed by atoms with Crippen LogP contribution in [0, 0.1) is 17.3 Å². The number of hydrogen-bond donors (Lipinski definition) is 1. The van der Waals surface area contributed by atoms with Gasteiger partial charge in [-0.1, -0.05) is 20.8 Å². The molecule has 2 nitrogen and oxygen atoms in total. The van der Waals surface area contributed by atoms with E-state index in [1.807, 2.05) is 0 Å². The second-order valence-electron chi connectivity index (χ2n) is 7.55. The fraction of sp³-hybridized carbons (Fsp3) is 1.00. The Balaban J connectivity index is 2.16. The van der Waals surface area contributed by atoms with E-state index in [-0.39, 0.29) is 0 Å². The molecule has 1 N–H and O–H groups in total. The molecule has 0 bridgehead atoms. The maximum absolute atomic E-state index is 3.65. The molecule has 2 heteroatoms. The SMILES string of the molecule is CC(CNCC1CCC(C(C)(C)C)CC1)N(C)C. The zero-order chi connectivity index (χ0) is 13.8. The molecule has 1 atom stereocenters. The first kappa shape index (κ1) is 16.0. The van der Waals surface area contributed by atoms with Gasteiger partial charge in [0.25, 0.3) is 0 Å². The van der Waals surface area contributed by atoms with E-state index in [4.69, 9.17) is 0 Å². The van der Waals surface area contributed by atoms with Gasteiger partial charge in [-0.3, -0.25) is 0 Å². The molecule has 0 aromatic rings. The Bertz CT molecular complexity index is 222. The number of rotatable bonds is 5. The quantitative estimate of drug-likeness (QED) is 0.809. The summed E-state index contributed by atoms with van der Waals surface area (Å²) in [4.78, 5) is 2.28. The number of nitrogens with zero attached hydrogens (tertiary/aromatic N) is 1. The fourth-order valence-electron chi connectivity index (χ4n) is 2.91. The highest BCUT2D eigenvalue weighted by atomic mass is 15.1. The Kier molecular flexibility index (Phi) is 6.13. The average molecular weight is 254 g/mol. The lowest BCUT2D eigenvalue weighted by Gasteiger charge is -2.37. The summed E-state index contributed by atoms with van der Waals surface area (Å²) < 4.78 is 0. The van der Waals surface area contributed by atoms with Gasteiger partial charge in [0, 0.05) is 12.6 Å². The van der Waals surface area contributed by atoms with E-state index >= 15 is 0 Å². The largest absolute Gasteiger partial charge is 0.315 e. The predicted molar refractivity (Wildman–Crippen MR) is 80.9 cm³/mol. The van der Waals surface area contributed by atoms with Crippen LogP contribution < -0.4 is 5.32 Å². The van der Waals surface area contributed by atoms with Gasteiger partial charge in [-0.15, -0.1) is 0 Å². The molecule has 1 aliphatic rings. The van der Waals surface area contributed by atoms with Crippen molar-refractivity contribution in [3.05, 3.63) is 0 Å². The normalized spacial score (nSPS) is 27.5. The Morgan fingerprint density at radius 2 is 1.67 bits per heavy atom. The lowest BCUT2D eigenvalue weighted by Crippen LogP contribution is -2.38. The van der Waals surface area contributed by atoms with Gasteiger partial charge in [0.2, 0.25) is 0 Å². The summed E-state index contributed by atoms with van der Waals surface area (Å²) in [7, 11) is 4.31. The van der Waals surface area contributed by atoms with E-state index in [0.29, 0.717) is 11.5 Å². The molecule has 0 aromatic heterocycles. The molecule has 1 aliphatic carbocycles. The second kappa shape index (κ2) is 6.91. The third-order valence-electron chi connectivity index (χ3n) is 4.83. The summed E-state index contributed by atoms with van der Waals surface area (Å²) in [5, 5.41) is 3.65. The molecular formula is C16H34N2. The minimum absolute atomic E-state index is 0.512. The Morgan fingerprint density at radius 3 is 2.11 bits per heavy atom. The van der Waals surface area contributed by atoms with Crippen molar-refractivity contribution in [3.63, 3.8) is 0 Å². The topological polar surface area (TPSA) is 15.3 Å². The van der Waals surface area contributed by atoms with Crippen molar-refractivity contribution in [3.8, 4) is 0 Å². The summed E-state index contributed by atoms with van der Waals surface area (Å²) >= 11 is 0. The molecule has 0 aliphatic heterocycles. The first-order valence-electron chi connectivity index (χ1n) is 7.68. The van der Waals surface area contributed by atoms with Crippen LogP contribution >= 0.6 is 0 Å². The number of hydrogen-bond acceptors (Lipinski definition) is 2. The molecule has 18 heavy (non-hydrogen) atoms. The van der Waals surface area contributed by atoms with E-state index in [0.717, 1.165) is 18.4 Å². The lowest BCUT2D eigenvalue weighted by atomic mass is 9.70. The Morgan fingerprint density at radius 1 is 1.11 bits per heavy atom. The Labute approximate surface area is 115 Å². The van der Waals surface area contributed by atoms with Crippen LogP contribution in [-0.4, -0.2) is 38.1 Å². The third-order valence-corrected chi connectivity index (χ3v) is 4.83. The standard InChI is InChI=1S/C16H34N2/c1-13(18(5)6)11-17-12-14-7-9-15(10-8-14)16(2,3)4/h13-15,17H,7-12H2,1-6H3. The summed E-state index contributed by atoms with van der Waals surface area (Å²) in [6, 6.07) is 0.635. The zero-order valence-corrected chi connectivity index (χ0v) is 13.4. The predicted octanol–water partition coefficient (Wildman–Crippen LogP) is 3.38. The highest BCUT2D eigenvalue weighted by Crippen LogP contribution is 2.39. The van der Waals surface area contributed by atoms with E-state index in [1.165, 1.54) is 32.2 Å². The van der Waals surface area contributed by atoms with Crippen molar-refractivity contribution >= 4 is 0 Å². The molecule has 1 saturated carbocycles. The van der Waals surface area contributed by atoms with Crippen LogP contribution in [0.2, 0.25) is 0 Å². The monoisotopic (exact) mass is 254 g/mol. The van der Waals surface area contributed by atoms with Crippen LogP contribution in [0.5, 0.6) is 0 Å². The summed E-state index contributed by atoms with van der Waals surface area (Å²) in [6.45, 7) is 11.8. The van der Waals surface area contributed by atoms with Gasteiger partial charge in [-0.25, -0.2) is 0 Å². The average Bonchev–Trinajstić information content (AvgIpc) is 2.28. The smallest absolute Gasteiger partial charge is 0.0186 e. The number of likely N-dealkylation sites (N-methyl/N-ethyl adjacent to an activating group) is 1. The van der Waals surface area contributed by atoms with Crippen molar-refractivity contribution in [2.75, 3.05) is 27.2 Å². The van der Waals surface area contributed by atoms with Gasteiger partial charge in [-0.05, 0) is 70.5 Å². The van der Waals surface area contributed by atoms with Crippen molar-refractivity contribution in [1.82, 2.24) is 10.2 Å². The molecule has 0 saturated heterocycles. The molecule has 1 fully saturated rings. The van der Waals surface area contributed by atoms with Gasteiger partial charge in [0.1, 0.15) is 0 Å². The highest BCUT2D eigenvalue weighted by Gasteiger charge is 2.29. The van der Waals surface area contributed by atoms with Gasteiger partial charge >= 0.3 is 0 Å². The summed E-state index contributed by atoms with van der Waals surface area (Å²) in [5.41, 5.74) is 0.512. The third kappa shape index (κ3) is 5.27. The molecule has 0 heterocycles. The van der Waals surface area contributed by atoms with Crippen LogP contribution in [0.1, 0.15) is 53.4 Å². The van der Waals surface area contributed by atoms with Gasteiger partial charge in [0.05, 0.1) is 0 Å². The minimum atomic E-state index is 0.512. The first-order chi connectivity index (χ1) is 8.30. The van der Waals surface area contributed by atoms with Crippen LogP contribution in [0.15, 0.2) is 0 Å². The molecule has 0 aromatic carbocycles. The van der Waals surface area contributed by atoms with Crippen molar-refractivity contribution in [2.45, 2.75) is 59.4 Å². The van der Waals surface area contributed by atoms with Gasteiger partial charge < -0.3 is 10.2 Å².